The van der Waals surface area contributed by atoms with Crippen LogP contribution in [0.25, 0.3) is 0 Å². The van der Waals surface area contributed by atoms with Gasteiger partial charge in [0.2, 0.25) is 5.91 Å². The van der Waals surface area contributed by atoms with Gasteiger partial charge in [-0.15, -0.1) is 11.8 Å². The number of rotatable bonds is 7. The molecule has 5 nitrogen and oxygen atoms in total. The first-order valence-corrected chi connectivity index (χ1v) is 11.8. The van der Waals surface area contributed by atoms with Crippen molar-refractivity contribution in [2.45, 2.75) is 51.7 Å². The number of ether oxygens (including phenoxy) is 1. The fraction of sp³-hybridized carbons (Fsp3) is 0.565. The second-order valence-electron chi connectivity index (χ2n) is 7.72. The fourth-order valence-electron chi connectivity index (χ4n) is 3.91. The molecule has 0 aliphatic carbocycles. The van der Waals surface area contributed by atoms with Gasteiger partial charge in [0.05, 0.1) is 18.6 Å². The lowest BCUT2D eigenvalue weighted by Crippen LogP contribution is -2.51. The average molecular weight is 417 g/mol. The third kappa shape index (κ3) is 5.86. The summed E-state index contributed by atoms with van der Waals surface area (Å²) in [5.74, 6) is 1.38. The molecule has 29 heavy (non-hydrogen) atoms. The lowest BCUT2D eigenvalue weighted by Gasteiger charge is -2.35. The molecule has 0 radical (unpaired) electrons. The number of benzene rings is 1. The summed E-state index contributed by atoms with van der Waals surface area (Å²) in [5.41, 5.74) is 2.02. The third-order valence-corrected chi connectivity index (χ3v) is 6.63. The molecular weight excluding hydrogens is 384 g/mol. The quantitative estimate of drug-likeness (QED) is 0.639. The van der Waals surface area contributed by atoms with Gasteiger partial charge < -0.3 is 14.5 Å². The molecule has 0 bridgehead atoms. The number of allylic oxidation sites excluding steroid dienone is 1. The van der Waals surface area contributed by atoms with Crippen LogP contribution in [0.5, 0.6) is 0 Å². The first kappa shape index (κ1) is 21.9. The highest BCUT2D eigenvalue weighted by molar-refractivity contribution is 7.99. The molecule has 1 unspecified atom stereocenters. The number of carbonyl (C=O) groups is 2. The molecule has 3 rings (SSSR count). The van der Waals surface area contributed by atoms with Gasteiger partial charge in [0, 0.05) is 24.4 Å². The van der Waals surface area contributed by atoms with Crippen molar-refractivity contribution in [2.75, 3.05) is 31.3 Å². The molecule has 0 N–H and O–H groups in total. The highest BCUT2D eigenvalue weighted by atomic mass is 32.2. The molecule has 2 saturated heterocycles. The van der Waals surface area contributed by atoms with Crippen LogP contribution in [0, 0.1) is 0 Å². The van der Waals surface area contributed by atoms with Crippen LogP contribution in [0.15, 0.2) is 42.0 Å². The van der Waals surface area contributed by atoms with Crippen molar-refractivity contribution >= 4 is 23.6 Å². The van der Waals surface area contributed by atoms with E-state index in [1.807, 2.05) is 43.0 Å². The number of carbonyl (C=O) groups excluding carboxylic acids is 2. The summed E-state index contributed by atoms with van der Waals surface area (Å²) in [4.78, 5) is 29.4. The fourth-order valence-corrected chi connectivity index (χ4v) is 5.05. The molecule has 2 aliphatic heterocycles. The minimum Gasteiger partial charge on any atom is -0.378 e. The zero-order chi connectivity index (χ0) is 20.6. The van der Waals surface area contributed by atoms with Gasteiger partial charge >= 0.3 is 0 Å². The van der Waals surface area contributed by atoms with Crippen molar-refractivity contribution in [1.82, 2.24) is 9.80 Å². The number of hydrogen-bond donors (Lipinski definition) is 0. The van der Waals surface area contributed by atoms with Crippen LogP contribution >= 0.6 is 11.8 Å². The molecule has 1 atom stereocenters. The third-order valence-electron chi connectivity index (χ3n) is 5.62. The van der Waals surface area contributed by atoms with Crippen molar-refractivity contribution in [3.8, 4) is 0 Å². The van der Waals surface area contributed by atoms with Crippen LogP contribution < -0.4 is 0 Å². The lowest BCUT2D eigenvalue weighted by atomic mass is 10.1. The minimum atomic E-state index is -0.330. The molecule has 0 spiro atoms. The Kier molecular flexibility index (Phi) is 8.19. The Bertz CT molecular complexity index is 714. The molecule has 1 aromatic carbocycles. The highest BCUT2D eigenvalue weighted by Gasteiger charge is 2.38. The van der Waals surface area contributed by atoms with Gasteiger partial charge in [0.25, 0.3) is 5.91 Å². The number of nitrogens with zero attached hydrogens (tertiary/aromatic N) is 2. The Morgan fingerprint density at radius 2 is 1.93 bits per heavy atom. The topological polar surface area (TPSA) is 49.9 Å². The summed E-state index contributed by atoms with van der Waals surface area (Å²) < 4.78 is 6.04. The number of hydrogen-bond acceptors (Lipinski definition) is 4. The van der Waals surface area contributed by atoms with Crippen molar-refractivity contribution in [2.24, 2.45) is 0 Å². The monoisotopic (exact) mass is 416 g/mol. The van der Waals surface area contributed by atoms with Crippen LogP contribution in [-0.4, -0.2) is 65.1 Å². The van der Waals surface area contributed by atoms with Gasteiger partial charge in [-0.25, -0.2) is 0 Å². The predicted octanol–water partition coefficient (Wildman–Crippen LogP) is 3.49. The van der Waals surface area contributed by atoms with Crippen molar-refractivity contribution in [3.05, 3.63) is 47.5 Å². The second-order valence-corrected chi connectivity index (χ2v) is 8.72. The standard InChI is InChI=1S/C23H32N2O3S/c1-3-7-18(2)22(26)25-17-29-16-21(25)23(27)24-13-10-20(11-14-24)28-15-12-19-8-5-4-6-9-19/h4-9,20-21H,3,10-17H2,1-2H3. The van der Waals surface area contributed by atoms with E-state index in [1.165, 1.54) is 5.56 Å². The van der Waals surface area contributed by atoms with Crippen LogP contribution in [0.2, 0.25) is 0 Å². The molecule has 2 amide bonds. The van der Waals surface area contributed by atoms with Gasteiger partial charge in [-0.2, -0.15) is 0 Å². The molecule has 1 aromatic rings. The predicted molar refractivity (Wildman–Crippen MR) is 118 cm³/mol. The van der Waals surface area contributed by atoms with E-state index in [4.69, 9.17) is 4.74 Å². The van der Waals surface area contributed by atoms with Gasteiger partial charge in [0.15, 0.2) is 0 Å². The Balaban J connectivity index is 1.45. The number of piperidine rings is 1. The molecule has 2 fully saturated rings. The summed E-state index contributed by atoms with van der Waals surface area (Å²) in [6.07, 6.45) is 5.63. The van der Waals surface area contributed by atoms with Crippen molar-refractivity contribution in [1.29, 1.82) is 0 Å². The first-order chi connectivity index (χ1) is 14.1. The van der Waals surface area contributed by atoms with E-state index in [-0.39, 0.29) is 24.0 Å². The molecule has 2 heterocycles. The van der Waals surface area contributed by atoms with E-state index < -0.39 is 0 Å². The molecule has 0 saturated carbocycles. The first-order valence-electron chi connectivity index (χ1n) is 10.6. The van der Waals surface area contributed by atoms with Crippen LogP contribution in [0.4, 0.5) is 0 Å². The van der Waals surface area contributed by atoms with Crippen molar-refractivity contribution < 1.29 is 14.3 Å². The summed E-state index contributed by atoms with van der Waals surface area (Å²) in [6.45, 7) is 6.00. The number of likely N-dealkylation sites (tertiary alicyclic amines) is 1. The normalized spacial score (nSPS) is 20.9. The molecule has 6 heteroatoms. The molecule has 2 aliphatic rings. The van der Waals surface area contributed by atoms with Crippen LogP contribution in [0.3, 0.4) is 0 Å². The Morgan fingerprint density at radius 1 is 1.21 bits per heavy atom. The maximum absolute atomic E-state index is 13.1. The molecule has 0 aromatic heterocycles. The van der Waals surface area contributed by atoms with E-state index in [9.17, 15) is 9.59 Å². The maximum atomic E-state index is 13.1. The zero-order valence-electron chi connectivity index (χ0n) is 17.5. The van der Waals surface area contributed by atoms with Crippen LogP contribution in [0.1, 0.15) is 38.7 Å². The highest BCUT2D eigenvalue weighted by Crippen LogP contribution is 2.26. The second kappa shape index (κ2) is 10.8. The van der Waals surface area contributed by atoms with Gasteiger partial charge in [0.1, 0.15) is 6.04 Å². The van der Waals surface area contributed by atoms with E-state index in [0.717, 1.165) is 31.3 Å². The smallest absolute Gasteiger partial charge is 0.250 e. The summed E-state index contributed by atoms with van der Waals surface area (Å²) in [7, 11) is 0. The Morgan fingerprint density at radius 3 is 2.62 bits per heavy atom. The lowest BCUT2D eigenvalue weighted by molar-refractivity contribution is -0.143. The van der Waals surface area contributed by atoms with Gasteiger partial charge in [-0.3, -0.25) is 9.59 Å². The van der Waals surface area contributed by atoms with Gasteiger partial charge in [-0.1, -0.05) is 43.3 Å². The maximum Gasteiger partial charge on any atom is 0.250 e. The summed E-state index contributed by atoms with van der Waals surface area (Å²) >= 11 is 1.66. The SMILES string of the molecule is CCC=C(C)C(=O)N1CSCC1C(=O)N1CCC(OCCc2ccccc2)CC1. The molecular formula is C23H32N2O3S. The summed E-state index contributed by atoms with van der Waals surface area (Å²) in [6, 6.07) is 10.0. The average Bonchev–Trinajstić information content (AvgIpc) is 3.24. The van der Waals surface area contributed by atoms with E-state index in [0.29, 0.717) is 31.3 Å². The Labute approximate surface area is 178 Å². The zero-order valence-corrected chi connectivity index (χ0v) is 18.3. The van der Waals surface area contributed by atoms with Crippen molar-refractivity contribution in [3.63, 3.8) is 0 Å². The Hall–Kier alpha value is -1.79. The molecule has 158 valence electrons. The number of amides is 2. The van der Waals surface area contributed by atoms with Gasteiger partial charge in [-0.05, 0) is 38.2 Å². The van der Waals surface area contributed by atoms with E-state index in [2.05, 4.69) is 12.1 Å². The van der Waals surface area contributed by atoms with E-state index >= 15 is 0 Å². The minimum absolute atomic E-state index is 0.00525. The van der Waals surface area contributed by atoms with E-state index in [1.54, 1.807) is 16.7 Å². The largest absolute Gasteiger partial charge is 0.378 e. The number of thioether (sulfide) groups is 1. The van der Waals surface area contributed by atoms with Crippen LogP contribution in [-0.2, 0) is 20.7 Å². The summed E-state index contributed by atoms with van der Waals surface area (Å²) in [5, 5.41) is 0.